The lowest BCUT2D eigenvalue weighted by atomic mass is 10.1. The number of carbonyl (C=O) groups excluding carboxylic acids is 1. The average molecular weight is 373 g/mol. The van der Waals surface area contributed by atoms with Crippen LogP contribution in [0, 0.1) is 0 Å². The summed E-state index contributed by atoms with van der Waals surface area (Å²) in [5.41, 5.74) is 0.829. The van der Waals surface area contributed by atoms with Crippen LogP contribution in [0.15, 0.2) is 46.8 Å². The molecular formula is C18H20N4OS2. The Morgan fingerprint density at radius 3 is 2.64 bits per heavy atom. The highest BCUT2D eigenvalue weighted by atomic mass is 32.2. The van der Waals surface area contributed by atoms with E-state index in [-0.39, 0.29) is 11.2 Å². The summed E-state index contributed by atoms with van der Waals surface area (Å²) in [5.74, 6) is -0.0464. The molecular weight excluding hydrogens is 352 g/mol. The van der Waals surface area contributed by atoms with Crippen molar-refractivity contribution in [3.8, 4) is 0 Å². The third kappa shape index (κ3) is 4.49. The molecule has 2 N–H and O–H groups in total. The lowest BCUT2D eigenvalue weighted by molar-refractivity contribution is -0.115. The molecule has 0 aliphatic rings. The minimum atomic E-state index is -0.265. The van der Waals surface area contributed by atoms with Crippen LogP contribution in [-0.2, 0) is 4.79 Å². The van der Waals surface area contributed by atoms with Crippen molar-refractivity contribution >= 4 is 50.6 Å². The number of thioether (sulfide) groups is 1. The summed E-state index contributed by atoms with van der Waals surface area (Å²) in [5, 5.41) is 17.1. The van der Waals surface area contributed by atoms with Crippen molar-refractivity contribution in [1.29, 1.82) is 0 Å². The van der Waals surface area contributed by atoms with E-state index in [2.05, 4.69) is 34.7 Å². The van der Waals surface area contributed by atoms with Crippen molar-refractivity contribution in [1.82, 2.24) is 10.2 Å². The Balaban J connectivity index is 1.67. The first-order valence-electron chi connectivity index (χ1n) is 8.08. The number of hydrogen-bond donors (Lipinski definition) is 2. The van der Waals surface area contributed by atoms with Crippen LogP contribution in [0.1, 0.15) is 20.8 Å². The second kappa shape index (κ2) is 7.84. The van der Waals surface area contributed by atoms with Gasteiger partial charge in [0.15, 0.2) is 4.34 Å². The number of aromatic nitrogens is 2. The summed E-state index contributed by atoms with van der Waals surface area (Å²) >= 11 is 2.88. The minimum absolute atomic E-state index is 0.0464. The topological polar surface area (TPSA) is 66.9 Å². The number of amides is 1. The van der Waals surface area contributed by atoms with E-state index in [1.807, 2.05) is 49.4 Å². The number of hydrogen-bond acceptors (Lipinski definition) is 6. The van der Waals surface area contributed by atoms with Gasteiger partial charge in [-0.05, 0) is 32.2 Å². The summed E-state index contributed by atoms with van der Waals surface area (Å²) in [6.07, 6.45) is 0. The van der Waals surface area contributed by atoms with E-state index in [1.165, 1.54) is 23.1 Å². The lowest BCUT2D eigenvalue weighted by Gasteiger charge is -2.12. The van der Waals surface area contributed by atoms with Crippen LogP contribution < -0.4 is 10.6 Å². The van der Waals surface area contributed by atoms with Crippen molar-refractivity contribution in [2.45, 2.75) is 36.4 Å². The minimum Gasteiger partial charge on any atom is -0.358 e. The van der Waals surface area contributed by atoms with Gasteiger partial charge in [-0.15, -0.1) is 10.2 Å². The fraction of sp³-hybridized carbons (Fsp3) is 0.278. The van der Waals surface area contributed by atoms with Gasteiger partial charge in [-0.25, -0.2) is 0 Å². The van der Waals surface area contributed by atoms with E-state index in [0.29, 0.717) is 6.04 Å². The number of nitrogens with one attached hydrogen (secondary N) is 2. The summed E-state index contributed by atoms with van der Waals surface area (Å²) < 4.78 is 0.781. The van der Waals surface area contributed by atoms with Crippen molar-refractivity contribution in [3.05, 3.63) is 42.5 Å². The molecule has 0 aliphatic heterocycles. The van der Waals surface area contributed by atoms with Crippen molar-refractivity contribution in [3.63, 3.8) is 0 Å². The molecule has 1 unspecified atom stereocenters. The van der Waals surface area contributed by atoms with Crippen LogP contribution in [0.25, 0.3) is 10.8 Å². The van der Waals surface area contributed by atoms with Crippen LogP contribution in [-0.4, -0.2) is 27.4 Å². The Morgan fingerprint density at radius 2 is 1.84 bits per heavy atom. The van der Waals surface area contributed by atoms with Gasteiger partial charge in [0.05, 0.1) is 5.25 Å². The molecule has 1 amide bonds. The quantitative estimate of drug-likeness (QED) is 0.618. The average Bonchev–Trinajstić information content (AvgIpc) is 3.01. The summed E-state index contributed by atoms with van der Waals surface area (Å²) in [6, 6.07) is 14.2. The van der Waals surface area contributed by atoms with Crippen LogP contribution in [0.3, 0.4) is 0 Å². The Morgan fingerprint density at radius 1 is 1.08 bits per heavy atom. The third-order valence-electron chi connectivity index (χ3n) is 3.51. The Labute approximate surface area is 155 Å². The molecule has 1 aromatic heterocycles. The van der Waals surface area contributed by atoms with E-state index in [4.69, 9.17) is 0 Å². The highest BCUT2D eigenvalue weighted by Crippen LogP contribution is 2.30. The first kappa shape index (κ1) is 17.7. The Kier molecular flexibility index (Phi) is 5.55. The van der Waals surface area contributed by atoms with Crippen LogP contribution in [0.5, 0.6) is 0 Å². The van der Waals surface area contributed by atoms with E-state index < -0.39 is 0 Å². The molecule has 3 rings (SSSR count). The molecule has 0 fully saturated rings. The molecule has 0 bridgehead atoms. The zero-order valence-electron chi connectivity index (χ0n) is 14.3. The normalized spacial score (nSPS) is 12.3. The predicted molar refractivity (Wildman–Crippen MR) is 107 cm³/mol. The molecule has 5 nitrogen and oxygen atoms in total. The van der Waals surface area contributed by atoms with E-state index in [1.54, 1.807) is 0 Å². The monoisotopic (exact) mass is 372 g/mol. The van der Waals surface area contributed by atoms with Crippen LogP contribution in [0.4, 0.5) is 10.8 Å². The first-order chi connectivity index (χ1) is 12.0. The van der Waals surface area contributed by atoms with Gasteiger partial charge < -0.3 is 10.6 Å². The molecule has 1 heterocycles. The van der Waals surface area contributed by atoms with Gasteiger partial charge in [-0.2, -0.15) is 0 Å². The number of anilines is 2. The number of carbonyl (C=O) groups is 1. The van der Waals surface area contributed by atoms with Gasteiger partial charge >= 0.3 is 0 Å². The molecule has 3 aromatic rings. The molecule has 0 spiro atoms. The number of fused-ring (bicyclic) bond motifs is 1. The maximum atomic E-state index is 12.6. The molecule has 25 heavy (non-hydrogen) atoms. The standard InChI is InChI=1S/C18H20N4OS2/c1-11(2)19-17-21-22-18(25-17)24-12(3)16(23)20-15-10-6-8-13-7-4-5-9-14(13)15/h4-12H,1-3H3,(H,19,21)(H,20,23). The molecule has 130 valence electrons. The summed E-state index contributed by atoms with van der Waals surface area (Å²) in [4.78, 5) is 12.6. The van der Waals surface area contributed by atoms with E-state index in [9.17, 15) is 4.79 Å². The molecule has 7 heteroatoms. The molecule has 0 saturated carbocycles. The van der Waals surface area contributed by atoms with Gasteiger partial charge in [-0.1, -0.05) is 59.5 Å². The number of benzene rings is 2. The maximum Gasteiger partial charge on any atom is 0.237 e. The number of nitrogens with zero attached hydrogens (tertiary/aromatic N) is 2. The Hall–Kier alpha value is -2.12. The molecule has 1 atom stereocenters. The Bertz CT molecular complexity index is 873. The molecule has 0 aliphatic carbocycles. The van der Waals surface area contributed by atoms with Gasteiger partial charge in [0, 0.05) is 17.1 Å². The van der Waals surface area contributed by atoms with Gasteiger partial charge in [0.2, 0.25) is 11.0 Å². The molecule has 2 aromatic carbocycles. The highest BCUT2D eigenvalue weighted by Gasteiger charge is 2.18. The third-order valence-corrected chi connectivity index (χ3v) is 5.55. The maximum absolute atomic E-state index is 12.6. The molecule has 0 saturated heterocycles. The predicted octanol–water partition coefficient (Wildman–Crippen LogP) is 4.63. The van der Waals surface area contributed by atoms with Crippen LogP contribution in [0.2, 0.25) is 0 Å². The van der Waals surface area contributed by atoms with Gasteiger partial charge in [-0.3, -0.25) is 4.79 Å². The summed E-state index contributed by atoms with van der Waals surface area (Å²) in [7, 11) is 0. The van der Waals surface area contributed by atoms with Crippen LogP contribution >= 0.6 is 23.1 Å². The van der Waals surface area contributed by atoms with Crippen molar-refractivity contribution in [2.24, 2.45) is 0 Å². The lowest BCUT2D eigenvalue weighted by Crippen LogP contribution is -2.22. The van der Waals surface area contributed by atoms with Crippen molar-refractivity contribution < 1.29 is 4.79 Å². The summed E-state index contributed by atoms with van der Waals surface area (Å²) in [6.45, 7) is 5.98. The zero-order valence-corrected chi connectivity index (χ0v) is 15.9. The first-order valence-corrected chi connectivity index (χ1v) is 9.78. The molecule has 0 radical (unpaired) electrons. The van der Waals surface area contributed by atoms with Gasteiger partial charge in [0.1, 0.15) is 0 Å². The highest BCUT2D eigenvalue weighted by molar-refractivity contribution is 8.02. The second-order valence-corrected chi connectivity index (χ2v) is 8.51. The fourth-order valence-electron chi connectivity index (χ4n) is 2.34. The SMILES string of the molecule is CC(C)Nc1nnc(SC(C)C(=O)Nc2cccc3ccccc23)s1. The fourth-order valence-corrected chi connectivity index (χ4v) is 4.38. The van der Waals surface area contributed by atoms with E-state index >= 15 is 0 Å². The largest absolute Gasteiger partial charge is 0.358 e. The van der Waals surface area contributed by atoms with Gasteiger partial charge in [0.25, 0.3) is 0 Å². The zero-order chi connectivity index (χ0) is 17.8. The van der Waals surface area contributed by atoms with Crippen molar-refractivity contribution in [2.75, 3.05) is 10.6 Å². The van der Waals surface area contributed by atoms with E-state index in [0.717, 1.165) is 25.9 Å². The second-order valence-electron chi connectivity index (χ2n) is 5.95. The number of rotatable bonds is 6. The smallest absolute Gasteiger partial charge is 0.237 e.